The highest BCUT2D eigenvalue weighted by atomic mass is 16.2. The Labute approximate surface area is 128 Å². The lowest BCUT2D eigenvalue weighted by molar-refractivity contribution is -0.121. The second kappa shape index (κ2) is 5.97. The van der Waals surface area contributed by atoms with Gasteiger partial charge in [-0.2, -0.15) is 0 Å². The van der Waals surface area contributed by atoms with Crippen LogP contribution >= 0.6 is 0 Å². The molecule has 1 unspecified atom stereocenters. The molecule has 1 saturated heterocycles. The van der Waals surface area contributed by atoms with Crippen LogP contribution in [0.1, 0.15) is 23.2 Å². The number of amides is 2. The van der Waals surface area contributed by atoms with Gasteiger partial charge < -0.3 is 10.6 Å². The summed E-state index contributed by atoms with van der Waals surface area (Å²) in [6.45, 7) is 0.578. The molecule has 0 spiro atoms. The number of pyridine rings is 1. The maximum absolute atomic E-state index is 12.5. The Kier molecular flexibility index (Phi) is 3.87. The fraction of sp³-hybridized carbons (Fsp3) is 0.235. The van der Waals surface area contributed by atoms with E-state index < -0.39 is 11.9 Å². The van der Waals surface area contributed by atoms with Crippen molar-refractivity contribution in [2.75, 3.05) is 6.54 Å². The second-order valence-corrected chi connectivity index (χ2v) is 5.35. The number of primary amides is 1. The van der Waals surface area contributed by atoms with E-state index >= 15 is 0 Å². The van der Waals surface area contributed by atoms with E-state index in [2.05, 4.69) is 4.98 Å². The minimum atomic E-state index is -0.483. The zero-order valence-electron chi connectivity index (χ0n) is 12.1. The molecule has 2 heterocycles. The summed E-state index contributed by atoms with van der Waals surface area (Å²) in [4.78, 5) is 29.8. The van der Waals surface area contributed by atoms with E-state index in [0.29, 0.717) is 18.5 Å². The molecule has 0 aliphatic carbocycles. The summed E-state index contributed by atoms with van der Waals surface area (Å²) in [7, 11) is 0. The number of hydrogen-bond donors (Lipinski definition) is 1. The van der Waals surface area contributed by atoms with Crippen molar-refractivity contribution in [1.82, 2.24) is 9.88 Å². The van der Waals surface area contributed by atoms with Crippen LogP contribution in [0.4, 0.5) is 0 Å². The molecule has 1 aliphatic rings. The first kappa shape index (κ1) is 14.3. The number of nitrogens with two attached hydrogens (primary N) is 1. The van der Waals surface area contributed by atoms with Gasteiger partial charge in [-0.1, -0.05) is 18.2 Å². The maximum atomic E-state index is 12.5. The van der Waals surface area contributed by atoms with Gasteiger partial charge in [0.15, 0.2) is 0 Å². The minimum absolute atomic E-state index is 0.145. The Bertz CT molecular complexity index is 683. The second-order valence-electron chi connectivity index (χ2n) is 5.35. The molecule has 3 rings (SSSR count). The van der Waals surface area contributed by atoms with Gasteiger partial charge in [-0.25, -0.2) is 0 Å². The lowest BCUT2D eigenvalue weighted by atomic mass is 10.1. The van der Waals surface area contributed by atoms with Gasteiger partial charge in [0, 0.05) is 23.9 Å². The summed E-state index contributed by atoms with van der Waals surface area (Å²) in [5.74, 6) is -0.579. The highest BCUT2D eigenvalue weighted by molar-refractivity contribution is 5.98. The largest absolute Gasteiger partial charge is 0.368 e. The van der Waals surface area contributed by atoms with Crippen molar-refractivity contribution in [3.8, 4) is 11.3 Å². The molecular weight excluding hydrogens is 278 g/mol. The Morgan fingerprint density at radius 3 is 2.55 bits per heavy atom. The number of hydrogen-bond acceptors (Lipinski definition) is 3. The van der Waals surface area contributed by atoms with Gasteiger partial charge in [-0.3, -0.25) is 14.6 Å². The lowest BCUT2D eigenvalue weighted by Gasteiger charge is -2.22. The van der Waals surface area contributed by atoms with E-state index in [1.165, 1.54) is 0 Å². The third-order valence-electron chi connectivity index (χ3n) is 3.93. The standard InChI is InChI=1S/C17H17N3O2/c18-16(21)15-5-3-11-20(15)17(22)13-8-6-12(7-9-13)14-4-1-2-10-19-14/h1-2,4,6-10,15H,3,5,11H2,(H2,18,21). The van der Waals surface area contributed by atoms with Crippen LogP contribution in [0.3, 0.4) is 0 Å². The number of carbonyl (C=O) groups excluding carboxylic acids is 2. The summed E-state index contributed by atoms with van der Waals surface area (Å²) < 4.78 is 0. The summed E-state index contributed by atoms with van der Waals surface area (Å²) >= 11 is 0. The van der Waals surface area contributed by atoms with E-state index in [1.807, 2.05) is 30.3 Å². The van der Waals surface area contributed by atoms with Gasteiger partial charge in [-0.15, -0.1) is 0 Å². The highest BCUT2D eigenvalue weighted by Gasteiger charge is 2.32. The first-order valence-electron chi connectivity index (χ1n) is 7.28. The minimum Gasteiger partial charge on any atom is -0.368 e. The number of rotatable bonds is 3. The number of aromatic nitrogens is 1. The molecule has 2 aromatic rings. The third-order valence-corrected chi connectivity index (χ3v) is 3.93. The smallest absolute Gasteiger partial charge is 0.254 e. The summed E-state index contributed by atoms with van der Waals surface area (Å²) in [5, 5.41) is 0. The lowest BCUT2D eigenvalue weighted by Crippen LogP contribution is -2.43. The molecule has 2 amide bonds. The SMILES string of the molecule is NC(=O)C1CCCN1C(=O)c1ccc(-c2ccccn2)cc1. The van der Waals surface area contributed by atoms with Crippen LogP contribution in [0.25, 0.3) is 11.3 Å². The number of carbonyl (C=O) groups is 2. The highest BCUT2D eigenvalue weighted by Crippen LogP contribution is 2.22. The van der Waals surface area contributed by atoms with E-state index in [0.717, 1.165) is 17.7 Å². The summed E-state index contributed by atoms with van der Waals surface area (Å²) in [6, 6.07) is 12.5. The molecule has 1 aromatic carbocycles. The van der Waals surface area contributed by atoms with E-state index in [9.17, 15) is 9.59 Å². The fourth-order valence-electron chi connectivity index (χ4n) is 2.79. The predicted molar refractivity (Wildman–Crippen MR) is 82.9 cm³/mol. The van der Waals surface area contributed by atoms with Crippen molar-refractivity contribution < 1.29 is 9.59 Å². The molecule has 5 nitrogen and oxygen atoms in total. The molecule has 0 bridgehead atoms. The normalized spacial score (nSPS) is 17.5. The van der Waals surface area contributed by atoms with E-state index in [1.54, 1.807) is 23.2 Å². The average Bonchev–Trinajstić information content (AvgIpc) is 3.05. The number of likely N-dealkylation sites (tertiary alicyclic amines) is 1. The number of benzene rings is 1. The van der Waals surface area contributed by atoms with Crippen molar-refractivity contribution in [2.45, 2.75) is 18.9 Å². The van der Waals surface area contributed by atoms with Crippen LogP contribution in [-0.4, -0.2) is 34.3 Å². The predicted octanol–water partition coefficient (Wildman–Crippen LogP) is 1.84. The van der Waals surface area contributed by atoms with Gasteiger partial charge in [0.05, 0.1) is 5.69 Å². The van der Waals surface area contributed by atoms with Gasteiger partial charge >= 0.3 is 0 Å². The molecule has 0 radical (unpaired) electrons. The van der Waals surface area contributed by atoms with Crippen LogP contribution in [-0.2, 0) is 4.79 Å². The Morgan fingerprint density at radius 1 is 1.14 bits per heavy atom. The Balaban J connectivity index is 1.81. The molecule has 1 aromatic heterocycles. The molecule has 5 heteroatoms. The van der Waals surface area contributed by atoms with Crippen LogP contribution in [0.5, 0.6) is 0 Å². The first-order valence-corrected chi connectivity index (χ1v) is 7.28. The van der Waals surface area contributed by atoms with E-state index in [-0.39, 0.29) is 5.91 Å². The zero-order valence-corrected chi connectivity index (χ0v) is 12.1. The topological polar surface area (TPSA) is 76.3 Å². The Morgan fingerprint density at radius 2 is 1.91 bits per heavy atom. The van der Waals surface area contributed by atoms with Crippen molar-refractivity contribution in [3.63, 3.8) is 0 Å². The monoisotopic (exact) mass is 295 g/mol. The Hall–Kier alpha value is -2.69. The summed E-state index contributed by atoms with van der Waals surface area (Å²) in [5.41, 5.74) is 7.73. The maximum Gasteiger partial charge on any atom is 0.254 e. The number of nitrogens with zero attached hydrogens (tertiary/aromatic N) is 2. The van der Waals surface area contributed by atoms with Crippen LogP contribution in [0, 0.1) is 0 Å². The zero-order chi connectivity index (χ0) is 15.5. The van der Waals surface area contributed by atoms with Crippen molar-refractivity contribution in [1.29, 1.82) is 0 Å². The van der Waals surface area contributed by atoms with Gasteiger partial charge in [0.1, 0.15) is 6.04 Å². The van der Waals surface area contributed by atoms with E-state index in [4.69, 9.17) is 5.73 Å². The molecule has 1 atom stereocenters. The molecule has 22 heavy (non-hydrogen) atoms. The third kappa shape index (κ3) is 2.70. The van der Waals surface area contributed by atoms with Gasteiger partial charge in [0.25, 0.3) is 5.91 Å². The first-order chi connectivity index (χ1) is 10.7. The molecule has 0 saturated carbocycles. The van der Waals surface area contributed by atoms with Crippen molar-refractivity contribution in [3.05, 3.63) is 54.2 Å². The fourth-order valence-corrected chi connectivity index (χ4v) is 2.79. The molecule has 1 aliphatic heterocycles. The molecule has 112 valence electrons. The average molecular weight is 295 g/mol. The van der Waals surface area contributed by atoms with Crippen LogP contribution in [0.2, 0.25) is 0 Å². The van der Waals surface area contributed by atoms with Gasteiger partial charge in [0.2, 0.25) is 5.91 Å². The van der Waals surface area contributed by atoms with Crippen molar-refractivity contribution >= 4 is 11.8 Å². The van der Waals surface area contributed by atoms with Crippen LogP contribution in [0.15, 0.2) is 48.7 Å². The van der Waals surface area contributed by atoms with Gasteiger partial charge in [-0.05, 0) is 37.1 Å². The summed E-state index contributed by atoms with van der Waals surface area (Å²) in [6.07, 6.45) is 3.19. The molecule has 1 fully saturated rings. The van der Waals surface area contributed by atoms with Crippen molar-refractivity contribution in [2.24, 2.45) is 5.73 Å². The molecule has 2 N–H and O–H groups in total. The van der Waals surface area contributed by atoms with Crippen LogP contribution < -0.4 is 5.73 Å². The quantitative estimate of drug-likeness (QED) is 0.938. The molecular formula is C17H17N3O2.